The first-order chi connectivity index (χ1) is 10.3. The van der Waals surface area contributed by atoms with Gasteiger partial charge in [-0.1, -0.05) is 32.9 Å². The number of oxazole rings is 1. The van der Waals surface area contributed by atoms with Gasteiger partial charge in [0.25, 0.3) is 0 Å². The number of halogens is 1. The number of nitrogens with one attached hydrogen (secondary N) is 1. The molecule has 0 bridgehead atoms. The molecular weight excluding hydrogens is 283 g/mol. The van der Waals surface area contributed by atoms with E-state index in [0.717, 1.165) is 11.3 Å². The molecule has 22 heavy (non-hydrogen) atoms. The minimum Gasteiger partial charge on any atom is -0.444 e. The van der Waals surface area contributed by atoms with Crippen LogP contribution >= 0.6 is 0 Å². The maximum absolute atomic E-state index is 12.8. The van der Waals surface area contributed by atoms with Crippen molar-refractivity contribution in [1.29, 1.82) is 0 Å². The topological polar surface area (TPSA) is 55.1 Å². The summed E-state index contributed by atoms with van der Waals surface area (Å²) in [5.74, 6) is 0.777. The maximum atomic E-state index is 12.8. The molecule has 4 nitrogen and oxygen atoms in total. The van der Waals surface area contributed by atoms with E-state index < -0.39 is 0 Å². The number of carbonyl (C=O) groups is 1. The first-order valence-electron chi connectivity index (χ1n) is 7.23. The van der Waals surface area contributed by atoms with Gasteiger partial charge in [-0.15, -0.1) is 0 Å². The molecule has 118 valence electrons. The highest BCUT2D eigenvalue weighted by Crippen LogP contribution is 2.24. The van der Waals surface area contributed by atoms with Gasteiger partial charge in [-0.05, 0) is 24.6 Å². The van der Waals surface area contributed by atoms with E-state index in [1.165, 1.54) is 12.1 Å². The van der Waals surface area contributed by atoms with Gasteiger partial charge in [0.05, 0.1) is 12.1 Å². The average Bonchev–Trinajstić information content (AvgIpc) is 2.80. The third-order valence-electron chi connectivity index (χ3n) is 3.26. The van der Waals surface area contributed by atoms with Gasteiger partial charge in [0.15, 0.2) is 5.89 Å². The van der Waals surface area contributed by atoms with E-state index >= 15 is 0 Å². The van der Waals surface area contributed by atoms with E-state index in [1.807, 2.05) is 27.7 Å². The molecule has 0 radical (unpaired) electrons. The minimum absolute atomic E-state index is 0.149. The van der Waals surface area contributed by atoms with Crippen LogP contribution in [0.25, 0.3) is 0 Å². The summed E-state index contributed by atoms with van der Waals surface area (Å²) in [6, 6.07) is 6.04. The van der Waals surface area contributed by atoms with Gasteiger partial charge in [0.1, 0.15) is 11.6 Å². The number of nitrogens with zero attached hydrogens (tertiary/aromatic N) is 1. The molecule has 0 spiro atoms. The van der Waals surface area contributed by atoms with E-state index in [2.05, 4.69) is 10.3 Å². The molecule has 2 aromatic rings. The highest BCUT2D eigenvalue weighted by molar-refractivity contribution is 5.78. The van der Waals surface area contributed by atoms with Crippen molar-refractivity contribution in [1.82, 2.24) is 10.3 Å². The van der Waals surface area contributed by atoms with Crippen molar-refractivity contribution in [2.24, 2.45) is 0 Å². The van der Waals surface area contributed by atoms with Crippen molar-refractivity contribution in [2.45, 2.75) is 46.1 Å². The van der Waals surface area contributed by atoms with Gasteiger partial charge in [-0.3, -0.25) is 4.79 Å². The fraction of sp³-hybridized carbons (Fsp3) is 0.412. The van der Waals surface area contributed by atoms with Crippen molar-refractivity contribution < 1.29 is 13.6 Å². The van der Waals surface area contributed by atoms with Crippen molar-refractivity contribution in [3.05, 3.63) is 53.0 Å². The Kier molecular flexibility index (Phi) is 4.64. The monoisotopic (exact) mass is 304 g/mol. The Morgan fingerprint density at radius 3 is 2.45 bits per heavy atom. The zero-order valence-electron chi connectivity index (χ0n) is 13.4. The average molecular weight is 304 g/mol. The summed E-state index contributed by atoms with van der Waals surface area (Å²) >= 11 is 0. The predicted molar refractivity (Wildman–Crippen MR) is 81.9 cm³/mol. The van der Waals surface area contributed by atoms with Crippen LogP contribution in [0, 0.1) is 12.7 Å². The normalized spacial score (nSPS) is 11.5. The van der Waals surface area contributed by atoms with Crippen LogP contribution in [0.5, 0.6) is 0 Å². The van der Waals surface area contributed by atoms with E-state index in [-0.39, 0.29) is 23.6 Å². The van der Waals surface area contributed by atoms with Crippen molar-refractivity contribution in [3.8, 4) is 0 Å². The molecule has 0 unspecified atom stereocenters. The molecule has 0 atom stereocenters. The Hall–Kier alpha value is -2.17. The van der Waals surface area contributed by atoms with E-state index in [4.69, 9.17) is 4.42 Å². The Morgan fingerprint density at radius 1 is 1.27 bits per heavy atom. The number of aryl methyl sites for hydroxylation is 1. The zero-order valence-corrected chi connectivity index (χ0v) is 13.4. The van der Waals surface area contributed by atoms with Crippen LogP contribution in [0.15, 0.2) is 28.7 Å². The molecule has 0 fully saturated rings. The second-order valence-electron chi connectivity index (χ2n) is 6.36. The highest BCUT2D eigenvalue weighted by Gasteiger charge is 2.23. The molecule has 0 saturated carbocycles. The molecule has 0 aliphatic carbocycles. The number of aromatic nitrogens is 1. The minimum atomic E-state index is -0.290. The molecule has 1 aromatic carbocycles. The SMILES string of the molecule is Cc1nc(C(C)(C)C)oc1CC(=O)NCc1ccc(F)cc1. The molecule has 0 aliphatic heterocycles. The van der Waals surface area contributed by atoms with Gasteiger partial charge in [0, 0.05) is 12.0 Å². The number of hydrogen-bond acceptors (Lipinski definition) is 3. The second-order valence-corrected chi connectivity index (χ2v) is 6.36. The Morgan fingerprint density at radius 2 is 1.91 bits per heavy atom. The van der Waals surface area contributed by atoms with Gasteiger partial charge < -0.3 is 9.73 Å². The summed E-state index contributed by atoms with van der Waals surface area (Å²) in [5.41, 5.74) is 1.40. The van der Waals surface area contributed by atoms with Gasteiger partial charge in [0.2, 0.25) is 5.91 Å². The lowest BCUT2D eigenvalue weighted by molar-refractivity contribution is -0.120. The molecule has 0 saturated heterocycles. The summed E-state index contributed by atoms with van der Waals surface area (Å²) in [4.78, 5) is 16.4. The van der Waals surface area contributed by atoms with Crippen LogP contribution in [0.2, 0.25) is 0 Å². The first-order valence-corrected chi connectivity index (χ1v) is 7.23. The smallest absolute Gasteiger partial charge is 0.227 e. The molecule has 1 aromatic heterocycles. The van der Waals surface area contributed by atoms with Gasteiger partial charge in [-0.25, -0.2) is 9.37 Å². The maximum Gasteiger partial charge on any atom is 0.227 e. The van der Waals surface area contributed by atoms with Crippen LogP contribution in [0.4, 0.5) is 4.39 Å². The van der Waals surface area contributed by atoms with Crippen molar-refractivity contribution >= 4 is 5.91 Å². The largest absolute Gasteiger partial charge is 0.444 e. The van der Waals surface area contributed by atoms with Crippen LogP contribution in [-0.4, -0.2) is 10.9 Å². The third kappa shape index (κ3) is 4.16. The van der Waals surface area contributed by atoms with Gasteiger partial charge in [-0.2, -0.15) is 0 Å². The molecular formula is C17H21FN2O2. The first kappa shape index (κ1) is 16.2. The quantitative estimate of drug-likeness (QED) is 0.943. The van der Waals surface area contributed by atoms with Crippen LogP contribution in [0.1, 0.15) is 43.7 Å². The number of benzene rings is 1. The lowest BCUT2D eigenvalue weighted by Crippen LogP contribution is -2.24. The van der Waals surface area contributed by atoms with Crippen molar-refractivity contribution in [2.75, 3.05) is 0 Å². The van der Waals surface area contributed by atoms with E-state index in [9.17, 15) is 9.18 Å². The predicted octanol–water partition coefficient (Wildman–Crippen LogP) is 3.28. The summed E-state index contributed by atoms with van der Waals surface area (Å²) < 4.78 is 18.5. The second kappa shape index (κ2) is 6.30. The molecule has 1 heterocycles. The standard InChI is InChI=1S/C17H21FN2O2/c1-11-14(22-16(20-11)17(2,3)4)9-15(21)19-10-12-5-7-13(18)8-6-12/h5-8H,9-10H2,1-4H3,(H,19,21). The van der Waals surface area contributed by atoms with Crippen LogP contribution < -0.4 is 5.32 Å². The molecule has 5 heteroatoms. The molecule has 0 aliphatic rings. The summed E-state index contributed by atoms with van der Waals surface area (Å²) in [5, 5.41) is 2.79. The van der Waals surface area contributed by atoms with Gasteiger partial charge >= 0.3 is 0 Å². The third-order valence-corrected chi connectivity index (χ3v) is 3.26. The zero-order chi connectivity index (χ0) is 16.3. The van der Waals surface area contributed by atoms with Crippen LogP contribution in [0.3, 0.4) is 0 Å². The van der Waals surface area contributed by atoms with E-state index in [0.29, 0.717) is 18.2 Å². The Bertz CT molecular complexity index is 654. The number of amides is 1. The fourth-order valence-corrected chi connectivity index (χ4v) is 1.92. The lowest BCUT2D eigenvalue weighted by atomic mass is 9.97. The fourth-order valence-electron chi connectivity index (χ4n) is 1.92. The molecule has 2 rings (SSSR count). The highest BCUT2D eigenvalue weighted by atomic mass is 19.1. The summed E-state index contributed by atoms with van der Waals surface area (Å²) in [7, 11) is 0. The lowest BCUT2D eigenvalue weighted by Gasteiger charge is -2.12. The molecule has 1 N–H and O–H groups in total. The van der Waals surface area contributed by atoms with E-state index in [1.54, 1.807) is 12.1 Å². The molecule has 1 amide bonds. The number of hydrogen-bond donors (Lipinski definition) is 1. The number of carbonyl (C=O) groups excluding carboxylic acids is 1. The Balaban J connectivity index is 1.95. The summed E-state index contributed by atoms with van der Waals surface area (Å²) in [6.45, 7) is 8.23. The van der Waals surface area contributed by atoms with Crippen LogP contribution in [-0.2, 0) is 23.2 Å². The van der Waals surface area contributed by atoms with Crippen molar-refractivity contribution in [3.63, 3.8) is 0 Å². The number of rotatable bonds is 4. The summed E-state index contributed by atoms with van der Waals surface area (Å²) in [6.07, 6.45) is 0.149. The Labute approximate surface area is 129 Å².